The van der Waals surface area contributed by atoms with Gasteiger partial charge in [-0.3, -0.25) is 4.98 Å². The van der Waals surface area contributed by atoms with Gasteiger partial charge < -0.3 is 10.5 Å². The van der Waals surface area contributed by atoms with Crippen LogP contribution < -0.4 is 15.6 Å². The third-order valence-corrected chi connectivity index (χ3v) is 3.56. The monoisotopic (exact) mass is 386 g/mol. The Kier molecular flexibility index (Phi) is 4.41. The number of pyridine rings is 2. The molecule has 0 aromatic carbocycles. The molecule has 3 heterocycles. The summed E-state index contributed by atoms with van der Waals surface area (Å²) in [6, 6.07) is 1.23. The molecule has 0 unspecified atom stereocenters. The van der Waals surface area contributed by atoms with Crippen LogP contribution in [0.25, 0.3) is 22.3 Å². The maximum Gasteiger partial charge on any atom is 0.418 e. The number of nitrogens with zero attached hydrogens (tertiary/aromatic N) is 5. The van der Waals surface area contributed by atoms with Crippen molar-refractivity contribution in [2.24, 2.45) is 0 Å². The fraction of sp³-hybridized carbons (Fsp3) is 0.200. The Balaban J connectivity index is 2.36. The van der Waals surface area contributed by atoms with E-state index in [1.807, 2.05) is 0 Å². The zero-order chi connectivity index (χ0) is 19.9. The minimum Gasteiger partial charge on any atom is -0.467 e. The number of rotatable bonds is 3. The van der Waals surface area contributed by atoms with Crippen molar-refractivity contribution in [2.45, 2.75) is 6.18 Å². The van der Waals surface area contributed by atoms with E-state index in [4.69, 9.17) is 10.5 Å². The molecule has 0 saturated heterocycles. The summed E-state index contributed by atoms with van der Waals surface area (Å²) in [5, 5.41) is -0.0905. The first kappa shape index (κ1) is 18.5. The van der Waals surface area contributed by atoms with E-state index in [0.717, 1.165) is 19.3 Å². The smallest absolute Gasteiger partial charge is 0.418 e. The highest BCUT2D eigenvalue weighted by molar-refractivity contribution is 5.91. The number of hydrogen-bond acceptors (Lipinski definition) is 7. The van der Waals surface area contributed by atoms with Gasteiger partial charge in [-0.15, -0.1) is 0 Å². The van der Waals surface area contributed by atoms with E-state index in [1.54, 1.807) is 0 Å². The first-order valence-corrected chi connectivity index (χ1v) is 7.27. The third kappa shape index (κ3) is 3.25. The molecule has 12 heteroatoms. The second-order valence-electron chi connectivity index (χ2n) is 5.32. The Morgan fingerprint density at radius 1 is 1.11 bits per heavy atom. The van der Waals surface area contributed by atoms with Crippen molar-refractivity contribution in [3.63, 3.8) is 0 Å². The quantitative estimate of drug-likeness (QED) is 0.546. The van der Waals surface area contributed by atoms with Crippen LogP contribution in [0.15, 0.2) is 18.3 Å². The Bertz CT molecular complexity index is 1020. The molecule has 0 aliphatic heterocycles. The van der Waals surface area contributed by atoms with Gasteiger partial charge in [-0.05, 0) is 12.1 Å². The molecule has 7 nitrogen and oxygen atoms in total. The molecule has 0 radical (unpaired) electrons. The lowest BCUT2D eigenvalue weighted by atomic mass is 10.1. The summed E-state index contributed by atoms with van der Waals surface area (Å²) in [5.41, 5.74) is 2.19. The van der Waals surface area contributed by atoms with Crippen LogP contribution in [-0.2, 0) is 6.18 Å². The lowest BCUT2D eigenvalue weighted by Crippen LogP contribution is -2.12. The second kappa shape index (κ2) is 6.45. The summed E-state index contributed by atoms with van der Waals surface area (Å²) >= 11 is 0. The van der Waals surface area contributed by atoms with E-state index in [1.165, 1.54) is 7.11 Å². The second-order valence-corrected chi connectivity index (χ2v) is 5.32. The van der Waals surface area contributed by atoms with Crippen molar-refractivity contribution >= 4 is 22.5 Å². The molecule has 27 heavy (non-hydrogen) atoms. The largest absolute Gasteiger partial charge is 0.467 e. The van der Waals surface area contributed by atoms with Gasteiger partial charge in [0.2, 0.25) is 0 Å². The van der Waals surface area contributed by atoms with Gasteiger partial charge in [0, 0.05) is 13.2 Å². The number of anilines is 2. The fourth-order valence-corrected chi connectivity index (χ4v) is 2.40. The highest BCUT2D eigenvalue weighted by atomic mass is 19.4. The fourth-order valence-electron chi connectivity index (χ4n) is 2.40. The van der Waals surface area contributed by atoms with Crippen molar-refractivity contribution in [3.05, 3.63) is 29.7 Å². The lowest BCUT2D eigenvalue weighted by Gasteiger charge is -2.15. The van der Waals surface area contributed by atoms with E-state index in [0.29, 0.717) is 6.07 Å². The summed E-state index contributed by atoms with van der Waals surface area (Å²) in [4.78, 5) is 14.7. The van der Waals surface area contributed by atoms with Gasteiger partial charge in [-0.25, -0.2) is 9.37 Å². The highest BCUT2D eigenvalue weighted by Gasteiger charge is 2.36. The van der Waals surface area contributed by atoms with Gasteiger partial charge >= 0.3 is 12.2 Å². The Morgan fingerprint density at radius 3 is 2.41 bits per heavy atom. The average molecular weight is 386 g/mol. The molecule has 0 aliphatic rings. The standard InChI is InChI=1S/C15H11F5N6O/c1-26(20)13-6-5-22-12(9(16)10(6)24-14(25-13)27-2)11-7(15(17,18)19)3-4-8(21)23-11/h3-5H,1-2H3,(H2,21,23). The van der Waals surface area contributed by atoms with E-state index >= 15 is 4.39 Å². The number of alkyl halides is 3. The molecule has 0 bridgehead atoms. The number of nitrogen functional groups attached to an aromatic ring is 1. The molecular formula is C15H11F5N6O. The Morgan fingerprint density at radius 2 is 1.81 bits per heavy atom. The third-order valence-electron chi connectivity index (χ3n) is 3.56. The molecule has 3 aromatic rings. The normalized spacial score (nSPS) is 11.7. The molecule has 0 saturated carbocycles. The van der Waals surface area contributed by atoms with E-state index < -0.39 is 34.5 Å². The number of nitrogens with two attached hydrogens (primary N) is 1. The van der Waals surface area contributed by atoms with Crippen LogP contribution in [-0.4, -0.2) is 34.1 Å². The molecule has 0 aliphatic carbocycles. The molecule has 142 valence electrons. The number of ether oxygens (including phenoxy) is 1. The number of hydrogen-bond donors (Lipinski definition) is 1. The zero-order valence-electron chi connectivity index (χ0n) is 13.8. The van der Waals surface area contributed by atoms with Crippen molar-refractivity contribution in [1.82, 2.24) is 19.9 Å². The molecule has 0 amide bonds. The maximum atomic E-state index is 15.0. The van der Waals surface area contributed by atoms with Crippen LogP contribution in [0.1, 0.15) is 5.56 Å². The predicted molar refractivity (Wildman–Crippen MR) is 86.0 cm³/mol. The Hall–Kier alpha value is -3.31. The zero-order valence-corrected chi connectivity index (χ0v) is 13.8. The van der Waals surface area contributed by atoms with Crippen molar-refractivity contribution in [1.29, 1.82) is 0 Å². The first-order chi connectivity index (χ1) is 12.6. The lowest BCUT2D eigenvalue weighted by molar-refractivity contribution is -0.137. The van der Waals surface area contributed by atoms with E-state index in [9.17, 15) is 17.7 Å². The summed E-state index contributed by atoms with van der Waals surface area (Å²) in [5.74, 6) is -1.88. The topological polar surface area (TPSA) is 90.0 Å². The summed E-state index contributed by atoms with van der Waals surface area (Å²) in [6.07, 6.45) is -3.88. The van der Waals surface area contributed by atoms with Crippen molar-refractivity contribution in [2.75, 3.05) is 25.0 Å². The molecule has 0 atom stereocenters. The Labute approximate surface area is 148 Å². The maximum absolute atomic E-state index is 15.0. The first-order valence-electron chi connectivity index (χ1n) is 7.27. The molecule has 0 spiro atoms. The highest BCUT2D eigenvalue weighted by Crippen LogP contribution is 2.38. The minimum absolute atomic E-state index is 0.0766. The van der Waals surface area contributed by atoms with Crippen molar-refractivity contribution < 1.29 is 26.8 Å². The summed E-state index contributed by atoms with van der Waals surface area (Å²) < 4.78 is 73.3. The minimum atomic E-state index is -4.83. The van der Waals surface area contributed by atoms with E-state index in [2.05, 4.69) is 19.9 Å². The summed E-state index contributed by atoms with van der Waals surface area (Å²) in [7, 11) is 2.17. The number of halogens is 5. The van der Waals surface area contributed by atoms with Crippen LogP contribution in [0, 0.1) is 5.82 Å². The molecule has 0 fully saturated rings. The van der Waals surface area contributed by atoms with Gasteiger partial charge in [0.25, 0.3) is 0 Å². The number of aromatic nitrogens is 4. The molecule has 3 aromatic heterocycles. The number of fused-ring (bicyclic) bond motifs is 1. The van der Waals surface area contributed by atoms with Crippen LogP contribution in [0.5, 0.6) is 6.01 Å². The predicted octanol–water partition coefficient (Wildman–Crippen LogP) is 3.16. The SMILES string of the molecule is COc1nc(N(C)F)c2cnc(-c3nc(N)ccc3C(F)(F)F)c(F)c2n1. The van der Waals surface area contributed by atoms with Crippen LogP contribution in [0.2, 0.25) is 0 Å². The van der Waals surface area contributed by atoms with Crippen LogP contribution in [0.3, 0.4) is 0 Å². The molecule has 2 N–H and O–H groups in total. The van der Waals surface area contributed by atoms with Crippen LogP contribution >= 0.6 is 0 Å². The van der Waals surface area contributed by atoms with Gasteiger partial charge in [-0.1, -0.05) is 4.48 Å². The average Bonchev–Trinajstić information content (AvgIpc) is 2.60. The van der Waals surface area contributed by atoms with E-state index in [-0.39, 0.29) is 28.2 Å². The summed E-state index contributed by atoms with van der Waals surface area (Å²) in [6.45, 7) is 0. The van der Waals surface area contributed by atoms with Gasteiger partial charge in [-0.2, -0.15) is 28.3 Å². The molecule has 3 rings (SSSR count). The van der Waals surface area contributed by atoms with Crippen molar-refractivity contribution in [3.8, 4) is 17.4 Å². The van der Waals surface area contributed by atoms with Gasteiger partial charge in [0.05, 0.1) is 18.1 Å². The van der Waals surface area contributed by atoms with Crippen LogP contribution in [0.4, 0.5) is 33.7 Å². The molecular weight excluding hydrogens is 375 g/mol. The van der Waals surface area contributed by atoms with Gasteiger partial charge in [0.15, 0.2) is 11.6 Å². The van der Waals surface area contributed by atoms with Gasteiger partial charge in [0.1, 0.15) is 22.7 Å². The number of methoxy groups -OCH3 is 1.